The number of amides is 1. The molecule has 3 heterocycles. The topological polar surface area (TPSA) is 142 Å². The van der Waals surface area contributed by atoms with Crippen molar-refractivity contribution < 1.29 is 36.3 Å². The predicted octanol–water partition coefficient (Wildman–Crippen LogP) is 3.15. The minimum atomic E-state index is -5.14. The highest BCUT2D eigenvalue weighted by Crippen LogP contribution is 2.44. The number of anilines is 1. The van der Waals surface area contributed by atoms with Crippen LogP contribution in [0.15, 0.2) is 10.5 Å². The summed E-state index contributed by atoms with van der Waals surface area (Å²) in [4.78, 5) is 18.4. The molecule has 1 fully saturated rings. The number of hydrogen-bond acceptors (Lipinski definition) is 8. The molecule has 4 bridgehead atoms. The van der Waals surface area contributed by atoms with Gasteiger partial charge >= 0.3 is 6.18 Å². The van der Waals surface area contributed by atoms with Crippen molar-refractivity contribution in [3.05, 3.63) is 23.2 Å². The van der Waals surface area contributed by atoms with Crippen LogP contribution in [0.2, 0.25) is 0 Å². The van der Waals surface area contributed by atoms with Crippen LogP contribution in [-0.2, 0) is 5.60 Å². The second kappa shape index (κ2) is 8.15. The van der Waals surface area contributed by atoms with E-state index in [1.54, 1.807) is 6.07 Å². The Labute approximate surface area is 189 Å². The van der Waals surface area contributed by atoms with Crippen molar-refractivity contribution in [1.82, 2.24) is 20.1 Å². The first-order chi connectivity index (χ1) is 15.9. The zero-order chi connectivity index (χ0) is 24.9. The van der Waals surface area contributed by atoms with Crippen molar-refractivity contribution in [3.8, 4) is 17.7 Å². The molecule has 1 aliphatic heterocycles. The minimum Gasteiger partial charge on any atom is -0.416 e. The van der Waals surface area contributed by atoms with Crippen molar-refractivity contribution >= 4 is 11.6 Å². The van der Waals surface area contributed by atoms with E-state index >= 15 is 0 Å². The maximum absolute atomic E-state index is 13.7. The minimum absolute atomic E-state index is 0.0469. The van der Waals surface area contributed by atoms with Gasteiger partial charge in [-0.3, -0.25) is 4.79 Å². The zero-order valence-electron chi connectivity index (χ0n) is 17.6. The van der Waals surface area contributed by atoms with Gasteiger partial charge in [0.15, 0.2) is 5.69 Å². The molecule has 1 unspecified atom stereocenters. The highest BCUT2D eigenvalue weighted by atomic mass is 19.4. The van der Waals surface area contributed by atoms with Crippen LogP contribution >= 0.6 is 0 Å². The van der Waals surface area contributed by atoms with Gasteiger partial charge in [0.1, 0.15) is 11.8 Å². The number of nitrogens with zero attached hydrogens (tertiary/aromatic N) is 5. The summed E-state index contributed by atoms with van der Waals surface area (Å²) in [6.07, 6.45) is -6.92. The third kappa shape index (κ3) is 4.04. The summed E-state index contributed by atoms with van der Waals surface area (Å²) in [6.45, 7) is -0.0469. The van der Waals surface area contributed by atoms with Crippen LogP contribution in [-0.4, -0.2) is 55.8 Å². The SMILES string of the molecule is N#Cc1cc(N)c2nc1C(=O)N(C1CC(F)(F)C1)CCCCCC(O)(C(F)(F)F)c1nnc-2o1. The highest BCUT2D eigenvalue weighted by molar-refractivity contribution is 5.96. The number of carbonyl (C=O) groups excluding carboxylic acids is 1. The van der Waals surface area contributed by atoms with E-state index in [9.17, 15) is 37.1 Å². The Kier molecular flexibility index (Phi) is 5.71. The zero-order valence-corrected chi connectivity index (χ0v) is 17.6. The van der Waals surface area contributed by atoms with Gasteiger partial charge in [0.25, 0.3) is 23.6 Å². The monoisotopic (exact) mass is 486 g/mol. The standard InChI is InChI=1S/C20H19F5N6O3/c21-18(22)7-11(8-18)31-5-3-1-2-4-19(33,20(23,24)25)17-30-29-15(34-17)14-12(27)6-10(9-26)13(28-14)16(31)32/h6,11,33H,1-5,7-8,27H2. The van der Waals surface area contributed by atoms with E-state index in [-0.39, 0.29) is 42.8 Å². The number of pyridine rings is 1. The quantitative estimate of drug-likeness (QED) is 0.586. The van der Waals surface area contributed by atoms with Gasteiger partial charge in [0.2, 0.25) is 5.60 Å². The molecule has 182 valence electrons. The molecular weight excluding hydrogens is 467 g/mol. The number of aliphatic hydroxyl groups is 1. The van der Waals surface area contributed by atoms with Crippen LogP contribution in [0, 0.1) is 11.3 Å². The van der Waals surface area contributed by atoms with Gasteiger partial charge in [-0.15, -0.1) is 10.2 Å². The molecule has 4 rings (SSSR count). The van der Waals surface area contributed by atoms with E-state index < -0.39 is 66.4 Å². The molecule has 1 atom stereocenters. The third-order valence-corrected chi connectivity index (χ3v) is 6.03. The molecule has 1 aliphatic carbocycles. The second-order valence-electron chi connectivity index (χ2n) is 8.43. The average molecular weight is 486 g/mol. The van der Waals surface area contributed by atoms with Crippen molar-refractivity contribution in [2.75, 3.05) is 12.3 Å². The van der Waals surface area contributed by atoms with E-state index in [0.29, 0.717) is 0 Å². The molecule has 2 aliphatic rings. The van der Waals surface area contributed by atoms with E-state index in [4.69, 9.17) is 10.2 Å². The Morgan fingerprint density at radius 1 is 1.21 bits per heavy atom. The van der Waals surface area contributed by atoms with Crippen LogP contribution < -0.4 is 5.73 Å². The number of carbonyl (C=O) groups is 1. The first-order valence-electron chi connectivity index (χ1n) is 10.4. The van der Waals surface area contributed by atoms with Gasteiger partial charge in [0, 0.05) is 25.4 Å². The molecule has 0 radical (unpaired) electrons. The number of rotatable bonds is 1. The molecule has 1 saturated carbocycles. The lowest BCUT2D eigenvalue weighted by atomic mass is 9.86. The molecule has 9 nitrogen and oxygen atoms in total. The maximum atomic E-state index is 13.7. The van der Waals surface area contributed by atoms with Crippen LogP contribution in [0.3, 0.4) is 0 Å². The fourth-order valence-electron chi connectivity index (χ4n) is 4.08. The Bertz CT molecular complexity index is 1150. The van der Waals surface area contributed by atoms with Gasteiger partial charge in [-0.2, -0.15) is 18.4 Å². The number of nitriles is 1. The summed E-state index contributed by atoms with van der Waals surface area (Å²) < 4.78 is 73.3. The Hall–Kier alpha value is -3.34. The molecule has 3 N–H and O–H groups in total. The van der Waals surface area contributed by atoms with Gasteiger partial charge in [-0.05, 0) is 25.3 Å². The van der Waals surface area contributed by atoms with Gasteiger partial charge in [-0.1, -0.05) is 6.42 Å². The number of nitrogens with two attached hydrogens (primary N) is 1. The van der Waals surface area contributed by atoms with E-state index in [0.717, 1.165) is 11.0 Å². The Balaban J connectivity index is 1.83. The molecule has 0 aromatic carbocycles. The molecule has 0 saturated heterocycles. The van der Waals surface area contributed by atoms with Crippen LogP contribution in [0.1, 0.15) is 60.5 Å². The molecule has 1 amide bonds. The lowest BCUT2D eigenvalue weighted by Gasteiger charge is -2.42. The summed E-state index contributed by atoms with van der Waals surface area (Å²) in [7, 11) is 0. The Morgan fingerprint density at radius 2 is 1.91 bits per heavy atom. The van der Waals surface area contributed by atoms with Crippen molar-refractivity contribution in [1.29, 1.82) is 5.26 Å². The number of hydrogen-bond donors (Lipinski definition) is 2. The molecule has 2 aromatic rings. The predicted molar refractivity (Wildman–Crippen MR) is 104 cm³/mol. The molecular formula is C20H19F5N6O3. The fourth-order valence-corrected chi connectivity index (χ4v) is 4.08. The Morgan fingerprint density at radius 3 is 2.53 bits per heavy atom. The number of halogens is 5. The second-order valence-corrected chi connectivity index (χ2v) is 8.43. The molecule has 34 heavy (non-hydrogen) atoms. The van der Waals surface area contributed by atoms with Crippen LogP contribution in [0.5, 0.6) is 0 Å². The van der Waals surface area contributed by atoms with Crippen molar-refractivity contribution in [2.24, 2.45) is 0 Å². The number of nitrogen functional groups attached to an aromatic ring is 1. The first-order valence-corrected chi connectivity index (χ1v) is 10.4. The third-order valence-electron chi connectivity index (χ3n) is 6.03. The van der Waals surface area contributed by atoms with Gasteiger partial charge in [-0.25, -0.2) is 13.8 Å². The first kappa shape index (κ1) is 23.8. The fraction of sp³-hybridized carbons (Fsp3) is 0.550. The summed E-state index contributed by atoms with van der Waals surface area (Å²) in [5, 5.41) is 26.7. The molecule has 2 aromatic heterocycles. The van der Waals surface area contributed by atoms with E-state index in [1.165, 1.54) is 0 Å². The van der Waals surface area contributed by atoms with Crippen molar-refractivity contribution in [3.63, 3.8) is 0 Å². The summed E-state index contributed by atoms with van der Waals surface area (Å²) in [5.74, 6) is -5.44. The van der Waals surface area contributed by atoms with Crippen LogP contribution in [0.4, 0.5) is 27.6 Å². The van der Waals surface area contributed by atoms with E-state index in [1.807, 2.05) is 0 Å². The largest absolute Gasteiger partial charge is 0.426 e. The molecule has 0 spiro atoms. The summed E-state index contributed by atoms with van der Waals surface area (Å²) >= 11 is 0. The maximum Gasteiger partial charge on any atom is 0.426 e. The lowest BCUT2D eigenvalue weighted by Crippen LogP contribution is -2.53. The number of aromatic nitrogens is 3. The normalized spacial score (nSPS) is 23.7. The highest BCUT2D eigenvalue weighted by Gasteiger charge is 2.58. The van der Waals surface area contributed by atoms with Gasteiger partial charge < -0.3 is 20.2 Å². The van der Waals surface area contributed by atoms with Crippen molar-refractivity contribution in [2.45, 2.75) is 62.3 Å². The van der Waals surface area contributed by atoms with Crippen LogP contribution in [0.25, 0.3) is 11.6 Å². The van der Waals surface area contributed by atoms with Gasteiger partial charge in [0.05, 0.1) is 11.3 Å². The van der Waals surface area contributed by atoms with E-state index in [2.05, 4.69) is 15.2 Å². The number of alkyl halides is 5. The summed E-state index contributed by atoms with van der Waals surface area (Å²) in [5.41, 5.74) is 1.14. The average Bonchev–Trinajstić information content (AvgIpc) is 3.22. The smallest absolute Gasteiger partial charge is 0.416 e. The summed E-state index contributed by atoms with van der Waals surface area (Å²) in [6, 6.07) is 2.00. The molecule has 14 heteroatoms. The lowest BCUT2D eigenvalue weighted by molar-refractivity contribution is -0.277. The number of fused-ring (bicyclic) bond motifs is 5.